The Morgan fingerprint density at radius 1 is 1.07 bits per heavy atom. The zero-order valence-electron chi connectivity index (χ0n) is 16.2. The summed E-state index contributed by atoms with van der Waals surface area (Å²) in [7, 11) is 0. The predicted octanol–water partition coefficient (Wildman–Crippen LogP) is 4.27. The number of fused-ring (bicyclic) bond motifs is 2. The minimum absolute atomic E-state index is 0.0962. The van der Waals surface area contributed by atoms with Crippen molar-refractivity contribution >= 4 is 27.7 Å². The molecule has 144 valence electrons. The summed E-state index contributed by atoms with van der Waals surface area (Å²) in [6, 6.07) is 18.5. The number of ether oxygens (including phenoxy) is 1. The molecular formula is C24H21N3O2. The van der Waals surface area contributed by atoms with E-state index in [0.717, 1.165) is 44.4 Å². The minimum atomic E-state index is 0.0962. The molecule has 2 aromatic heterocycles. The van der Waals surface area contributed by atoms with Crippen molar-refractivity contribution in [3.05, 3.63) is 66.5 Å². The van der Waals surface area contributed by atoms with Crippen LogP contribution in [0.5, 0.6) is 5.75 Å². The Kier molecular flexibility index (Phi) is 4.35. The molecule has 0 saturated carbocycles. The molecule has 1 aliphatic rings. The van der Waals surface area contributed by atoms with Crippen molar-refractivity contribution in [3.8, 4) is 16.9 Å². The maximum Gasteiger partial charge on any atom is 0.220 e. The Morgan fingerprint density at radius 2 is 2.00 bits per heavy atom. The number of hydrogen-bond acceptors (Lipinski definition) is 4. The summed E-state index contributed by atoms with van der Waals surface area (Å²) in [6.07, 6.45) is 2.31. The SMILES string of the molecule is Cc1ccc2cc(-c3cc(OC[C@H]4CNC(=O)C4)c4cccnc4c3)ccc2n1. The van der Waals surface area contributed by atoms with Gasteiger partial charge in [0.15, 0.2) is 0 Å². The summed E-state index contributed by atoms with van der Waals surface area (Å²) < 4.78 is 6.17. The summed E-state index contributed by atoms with van der Waals surface area (Å²) in [5.74, 6) is 1.10. The third-order valence-corrected chi connectivity index (χ3v) is 5.38. The Labute approximate surface area is 168 Å². The summed E-state index contributed by atoms with van der Waals surface area (Å²) in [4.78, 5) is 20.6. The van der Waals surface area contributed by atoms with E-state index in [1.165, 1.54) is 0 Å². The molecule has 0 spiro atoms. The van der Waals surface area contributed by atoms with E-state index in [-0.39, 0.29) is 11.8 Å². The van der Waals surface area contributed by atoms with Gasteiger partial charge in [-0.1, -0.05) is 12.1 Å². The van der Waals surface area contributed by atoms with Crippen LogP contribution in [0, 0.1) is 12.8 Å². The Balaban J connectivity index is 1.54. The number of rotatable bonds is 4. The van der Waals surface area contributed by atoms with Gasteiger partial charge in [0.1, 0.15) is 5.75 Å². The number of benzene rings is 2. The molecule has 1 N–H and O–H groups in total. The van der Waals surface area contributed by atoms with Gasteiger partial charge in [0, 0.05) is 41.5 Å². The van der Waals surface area contributed by atoms with Gasteiger partial charge in [-0.15, -0.1) is 0 Å². The van der Waals surface area contributed by atoms with Crippen molar-refractivity contribution < 1.29 is 9.53 Å². The van der Waals surface area contributed by atoms with Gasteiger partial charge in [-0.05, 0) is 60.5 Å². The quantitative estimate of drug-likeness (QED) is 0.571. The fourth-order valence-corrected chi connectivity index (χ4v) is 3.83. The molecule has 1 amide bonds. The highest BCUT2D eigenvalue weighted by Crippen LogP contribution is 2.33. The molecule has 5 nitrogen and oxygen atoms in total. The van der Waals surface area contributed by atoms with Gasteiger partial charge in [-0.3, -0.25) is 14.8 Å². The molecule has 29 heavy (non-hydrogen) atoms. The lowest BCUT2D eigenvalue weighted by Gasteiger charge is -2.14. The lowest BCUT2D eigenvalue weighted by atomic mass is 10.0. The number of aromatic nitrogens is 2. The van der Waals surface area contributed by atoms with E-state index >= 15 is 0 Å². The Bertz CT molecular complexity index is 1240. The van der Waals surface area contributed by atoms with Crippen molar-refractivity contribution in [1.29, 1.82) is 0 Å². The highest BCUT2D eigenvalue weighted by atomic mass is 16.5. The molecule has 5 heteroatoms. The summed E-state index contributed by atoms with van der Waals surface area (Å²) >= 11 is 0. The van der Waals surface area contributed by atoms with Crippen LogP contribution in [0.2, 0.25) is 0 Å². The number of carbonyl (C=O) groups excluding carboxylic acids is 1. The van der Waals surface area contributed by atoms with Crippen LogP contribution in [0.3, 0.4) is 0 Å². The second-order valence-corrected chi connectivity index (χ2v) is 7.59. The lowest BCUT2D eigenvalue weighted by Crippen LogP contribution is -2.16. The first-order valence-corrected chi connectivity index (χ1v) is 9.82. The van der Waals surface area contributed by atoms with Gasteiger partial charge in [-0.2, -0.15) is 0 Å². The van der Waals surface area contributed by atoms with Crippen LogP contribution in [0.25, 0.3) is 32.9 Å². The average molecular weight is 383 g/mol. The maximum absolute atomic E-state index is 11.5. The molecule has 2 aromatic carbocycles. The topological polar surface area (TPSA) is 64.1 Å². The fraction of sp³-hybridized carbons (Fsp3) is 0.208. The van der Waals surface area contributed by atoms with Gasteiger partial charge in [0.25, 0.3) is 0 Å². The first kappa shape index (κ1) is 17.6. The zero-order valence-corrected chi connectivity index (χ0v) is 16.2. The molecule has 0 radical (unpaired) electrons. The number of hydrogen-bond donors (Lipinski definition) is 1. The summed E-state index contributed by atoms with van der Waals surface area (Å²) in [5, 5.41) is 4.95. The van der Waals surface area contributed by atoms with E-state index in [2.05, 4.69) is 51.7 Å². The molecule has 0 unspecified atom stereocenters. The van der Waals surface area contributed by atoms with Crippen molar-refractivity contribution in [1.82, 2.24) is 15.3 Å². The number of carbonyl (C=O) groups is 1. The second-order valence-electron chi connectivity index (χ2n) is 7.59. The number of nitrogens with zero attached hydrogens (tertiary/aromatic N) is 2. The summed E-state index contributed by atoms with van der Waals surface area (Å²) in [5.41, 5.74) is 5.04. The van der Waals surface area contributed by atoms with E-state index in [1.54, 1.807) is 6.20 Å². The van der Waals surface area contributed by atoms with Crippen molar-refractivity contribution in [2.75, 3.05) is 13.2 Å². The third-order valence-electron chi connectivity index (χ3n) is 5.38. The van der Waals surface area contributed by atoms with Gasteiger partial charge in [0.2, 0.25) is 5.91 Å². The van der Waals surface area contributed by atoms with E-state index in [0.29, 0.717) is 19.6 Å². The monoisotopic (exact) mass is 383 g/mol. The van der Waals surface area contributed by atoms with Gasteiger partial charge in [0.05, 0.1) is 17.6 Å². The second kappa shape index (κ2) is 7.17. The molecule has 1 aliphatic heterocycles. The van der Waals surface area contributed by atoms with Crippen LogP contribution >= 0.6 is 0 Å². The van der Waals surface area contributed by atoms with E-state index in [1.807, 2.05) is 25.1 Å². The third kappa shape index (κ3) is 3.51. The predicted molar refractivity (Wildman–Crippen MR) is 114 cm³/mol. The van der Waals surface area contributed by atoms with Gasteiger partial charge >= 0.3 is 0 Å². The van der Waals surface area contributed by atoms with Crippen LogP contribution in [0.4, 0.5) is 0 Å². The van der Waals surface area contributed by atoms with Crippen molar-refractivity contribution in [2.45, 2.75) is 13.3 Å². The first-order valence-electron chi connectivity index (χ1n) is 9.82. The van der Waals surface area contributed by atoms with Crippen molar-refractivity contribution in [3.63, 3.8) is 0 Å². The van der Waals surface area contributed by atoms with Crippen LogP contribution in [0.1, 0.15) is 12.1 Å². The maximum atomic E-state index is 11.5. The summed E-state index contributed by atoms with van der Waals surface area (Å²) in [6.45, 7) is 3.18. The number of pyridine rings is 2. The average Bonchev–Trinajstić information content (AvgIpc) is 3.16. The molecule has 0 bridgehead atoms. The number of nitrogens with one attached hydrogen (secondary N) is 1. The van der Waals surface area contributed by atoms with Crippen LogP contribution in [0.15, 0.2) is 60.8 Å². The normalized spacial score (nSPS) is 16.3. The Hall–Kier alpha value is -3.47. The largest absolute Gasteiger partial charge is 0.492 e. The van der Waals surface area contributed by atoms with Gasteiger partial charge in [-0.25, -0.2) is 0 Å². The van der Waals surface area contributed by atoms with Crippen LogP contribution in [-0.4, -0.2) is 29.0 Å². The lowest BCUT2D eigenvalue weighted by molar-refractivity contribution is -0.119. The molecule has 1 atom stereocenters. The van der Waals surface area contributed by atoms with E-state index in [9.17, 15) is 4.79 Å². The zero-order chi connectivity index (χ0) is 19.8. The molecule has 1 saturated heterocycles. The molecular weight excluding hydrogens is 362 g/mol. The molecule has 4 aromatic rings. The minimum Gasteiger partial charge on any atom is -0.492 e. The molecule has 1 fully saturated rings. The smallest absolute Gasteiger partial charge is 0.220 e. The number of amides is 1. The Morgan fingerprint density at radius 3 is 2.86 bits per heavy atom. The molecule has 0 aliphatic carbocycles. The van der Waals surface area contributed by atoms with Crippen molar-refractivity contribution in [2.24, 2.45) is 5.92 Å². The molecule has 5 rings (SSSR count). The number of aryl methyl sites for hydroxylation is 1. The van der Waals surface area contributed by atoms with Crippen LogP contribution in [-0.2, 0) is 4.79 Å². The highest BCUT2D eigenvalue weighted by molar-refractivity contribution is 5.92. The van der Waals surface area contributed by atoms with E-state index in [4.69, 9.17) is 4.74 Å². The van der Waals surface area contributed by atoms with Crippen LogP contribution < -0.4 is 10.1 Å². The van der Waals surface area contributed by atoms with Gasteiger partial charge < -0.3 is 10.1 Å². The van der Waals surface area contributed by atoms with E-state index < -0.39 is 0 Å². The first-order chi connectivity index (χ1) is 14.2. The standard InChI is InChI=1S/C24H21N3O2/c1-15-4-5-18-10-17(6-7-21(18)27-15)19-11-22-20(3-2-8-25-22)23(12-19)29-14-16-9-24(28)26-13-16/h2-8,10-12,16H,9,13-14H2,1H3,(H,26,28)/t16-/m1/s1. The fourth-order valence-electron chi connectivity index (χ4n) is 3.83. The highest BCUT2D eigenvalue weighted by Gasteiger charge is 2.22. The molecule has 3 heterocycles.